The average Bonchev–Trinajstić information content (AvgIpc) is 2.76. The van der Waals surface area contributed by atoms with E-state index < -0.39 is 0 Å². The first-order chi connectivity index (χ1) is 9.61. The van der Waals surface area contributed by atoms with Crippen molar-refractivity contribution in [3.8, 4) is 0 Å². The molecule has 5 nitrogen and oxygen atoms in total. The van der Waals surface area contributed by atoms with E-state index in [9.17, 15) is 0 Å². The fourth-order valence-corrected chi connectivity index (χ4v) is 3.78. The van der Waals surface area contributed by atoms with Crippen molar-refractivity contribution in [3.63, 3.8) is 0 Å². The highest BCUT2D eigenvalue weighted by atomic mass is 32.1. The van der Waals surface area contributed by atoms with Crippen LogP contribution in [-0.4, -0.2) is 36.4 Å². The number of aryl methyl sites for hydroxylation is 2. The van der Waals surface area contributed by atoms with Crippen molar-refractivity contribution >= 4 is 11.3 Å². The van der Waals surface area contributed by atoms with Gasteiger partial charge in [-0.15, -0.1) is 11.3 Å². The molecule has 2 rings (SSSR count). The van der Waals surface area contributed by atoms with E-state index in [0.717, 1.165) is 43.2 Å². The monoisotopic (exact) mass is 299 g/mol. The highest BCUT2D eigenvalue weighted by Crippen LogP contribution is 2.31. The van der Waals surface area contributed by atoms with Gasteiger partial charge in [0.2, 0.25) is 0 Å². The minimum absolute atomic E-state index is 0.0660. The van der Waals surface area contributed by atoms with Crippen LogP contribution in [0.5, 0.6) is 0 Å². The standard InChI is InChI=1S/C14H25N3O2S/c1-4-19-14(5-7-18-8-6-14)12(17-15)9-13-16-10(2)11(3)20-13/h12,17H,4-9,15H2,1-3H3. The van der Waals surface area contributed by atoms with Gasteiger partial charge in [0.25, 0.3) is 0 Å². The fourth-order valence-electron chi connectivity index (χ4n) is 2.80. The van der Waals surface area contributed by atoms with E-state index in [-0.39, 0.29) is 11.6 Å². The number of thiazole rings is 1. The molecule has 1 unspecified atom stereocenters. The molecule has 1 aliphatic heterocycles. The Bertz CT molecular complexity index is 405. The van der Waals surface area contributed by atoms with E-state index in [0.29, 0.717) is 6.61 Å². The second-order valence-corrected chi connectivity index (χ2v) is 6.57. The molecule has 3 N–H and O–H groups in total. The van der Waals surface area contributed by atoms with Crippen LogP contribution in [0.2, 0.25) is 0 Å². The highest BCUT2D eigenvalue weighted by Gasteiger charge is 2.41. The van der Waals surface area contributed by atoms with Crippen LogP contribution in [-0.2, 0) is 15.9 Å². The molecule has 0 amide bonds. The van der Waals surface area contributed by atoms with Crippen LogP contribution < -0.4 is 11.3 Å². The molecule has 1 aromatic heterocycles. The van der Waals surface area contributed by atoms with E-state index in [2.05, 4.69) is 17.3 Å². The van der Waals surface area contributed by atoms with Gasteiger partial charge < -0.3 is 9.47 Å². The maximum atomic E-state index is 6.09. The van der Waals surface area contributed by atoms with Gasteiger partial charge in [0, 0.05) is 44.0 Å². The summed E-state index contributed by atoms with van der Waals surface area (Å²) < 4.78 is 11.6. The van der Waals surface area contributed by atoms with Crippen LogP contribution in [0.15, 0.2) is 0 Å². The Kier molecular flexibility index (Phi) is 5.51. The fraction of sp³-hybridized carbons (Fsp3) is 0.786. The van der Waals surface area contributed by atoms with Crippen LogP contribution in [0.3, 0.4) is 0 Å². The second-order valence-electron chi connectivity index (χ2n) is 5.28. The molecule has 2 heterocycles. The summed E-state index contributed by atoms with van der Waals surface area (Å²) in [6, 6.07) is 0.0660. The number of nitrogens with one attached hydrogen (secondary N) is 1. The van der Waals surface area contributed by atoms with Crippen molar-refractivity contribution in [2.24, 2.45) is 5.84 Å². The average molecular weight is 299 g/mol. The van der Waals surface area contributed by atoms with E-state index in [1.54, 1.807) is 11.3 Å². The number of hydrogen-bond acceptors (Lipinski definition) is 6. The Balaban J connectivity index is 2.15. The molecule has 0 spiro atoms. The van der Waals surface area contributed by atoms with Crippen LogP contribution in [0.4, 0.5) is 0 Å². The topological polar surface area (TPSA) is 69.4 Å². The maximum Gasteiger partial charge on any atom is 0.0948 e. The zero-order valence-electron chi connectivity index (χ0n) is 12.6. The molecule has 1 saturated heterocycles. The van der Waals surface area contributed by atoms with E-state index in [1.807, 2.05) is 13.8 Å². The van der Waals surface area contributed by atoms with Crippen LogP contribution in [0.25, 0.3) is 0 Å². The zero-order chi connectivity index (χ0) is 14.6. The van der Waals surface area contributed by atoms with E-state index in [1.165, 1.54) is 4.88 Å². The molecule has 0 saturated carbocycles. The molecule has 0 radical (unpaired) electrons. The van der Waals surface area contributed by atoms with Crippen LogP contribution in [0.1, 0.15) is 35.3 Å². The minimum atomic E-state index is -0.241. The van der Waals surface area contributed by atoms with Crippen molar-refractivity contribution in [3.05, 3.63) is 15.6 Å². The molecule has 0 aromatic carbocycles. The lowest BCUT2D eigenvalue weighted by Crippen LogP contribution is -2.58. The lowest BCUT2D eigenvalue weighted by atomic mass is 9.84. The van der Waals surface area contributed by atoms with Gasteiger partial charge in [-0.3, -0.25) is 11.3 Å². The third kappa shape index (κ3) is 3.38. The van der Waals surface area contributed by atoms with Crippen molar-refractivity contribution in [1.82, 2.24) is 10.4 Å². The molecule has 0 aliphatic carbocycles. The van der Waals surface area contributed by atoms with E-state index >= 15 is 0 Å². The molecule has 1 fully saturated rings. The summed E-state index contributed by atoms with van der Waals surface area (Å²) in [5, 5.41) is 1.12. The third-order valence-corrected chi connectivity index (χ3v) is 5.15. The SMILES string of the molecule is CCOC1(C(Cc2nc(C)c(C)s2)NN)CCOCC1. The third-order valence-electron chi connectivity index (χ3n) is 4.06. The molecule has 1 aromatic rings. The van der Waals surface area contributed by atoms with Crippen molar-refractivity contribution < 1.29 is 9.47 Å². The second kappa shape index (κ2) is 6.95. The molecule has 114 valence electrons. The summed E-state index contributed by atoms with van der Waals surface area (Å²) >= 11 is 1.75. The predicted molar refractivity (Wildman–Crippen MR) is 80.8 cm³/mol. The van der Waals surface area contributed by atoms with Crippen LogP contribution >= 0.6 is 11.3 Å². The summed E-state index contributed by atoms with van der Waals surface area (Å²) in [6.07, 6.45) is 2.55. The van der Waals surface area contributed by atoms with Gasteiger partial charge in [-0.05, 0) is 20.8 Å². The first-order valence-corrected chi connectivity index (χ1v) is 8.03. The maximum absolute atomic E-state index is 6.09. The van der Waals surface area contributed by atoms with Gasteiger partial charge in [-0.2, -0.15) is 0 Å². The Morgan fingerprint density at radius 3 is 2.65 bits per heavy atom. The minimum Gasteiger partial charge on any atom is -0.381 e. The predicted octanol–water partition coefficient (Wildman–Crippen LogP) is 1.72. The molecular formula is C14H25N3O2S. The van der Waals surface area contributed by atoms with E-state index in [4.69, 9.17) is 15.3 Å². The number of hydrazine groups is 1. The van der Waals surface area contributed by atoms with Gasteiger partial charge in [-0.25, -0.2) is 4.98 Å². The molecule has 1 atom stereocenters. The Labute approximate surface area is 124 Å². The van der Waals surface area contributed by atoms with Gasteiger partial charge in [0.15, 0.2) is 0 Å². The van der Waals surface area contributed by atoms with Gasteiger partial charge in [-0.1, -0.05) is 0 Å². The Hall–Kier alpha value is -0.530. The van der Waals surface area contributed by atoms with Crippen molar-refractivity contribution in [2.45, 2.75) is 51.7 Å². The normalized spacial score (nSPS) is 20.0. The van der Waals surface area contributed by atoms with Crippen molar-refractivity contribution in [1.29, 1.82) is 0 Å². The van der Waals surface area contributed by atoms with Gasteiger partial charge >= 0.3 is 0 Å². The largest absolute Gasteiger partial charge is 0.381 e. The smallest absolute Gasteiger partial charge is 0.0948 e. The molecule has 20 heavy (non-hydrogen) atoms. The summed E-state index contributed by atoms with van der Waals surface area (Å²) in [4.78, 5) is 5.89. The number of ether oxygens (including phenoxy) is 2. The number of nitrogens with zero attached hydrogens (tertiary/aromatic N) is 1. The Morgan fingerprint density at radius 2 is 2.15 bits per heavy atom. The number of aromatic nitrogens is 1. The lowest BCUT2D eigenvalue weighted by Gasteiger charge is -2.42. The molecule has 6 heteroatoms. The summed E-state index contributed by atoms with van der Waals surface area (Å²) in [6.45, 7) is 8.33. The summed E-state index contributed by atoms with van der Waals surface area (Å²) in [5.74, 6) is 5.82. The molecular weight excluding hydrogens is 274 g/mol. The van der Waals surface area contributed by atoms with Gasteiger partial charge in [0.05, 0.1) is 22.3 Å². The van der Waals surface area contributed by atoms with Crippen LogP contribution in [0, 0.1) is 13.8 Å². The number of hydrogen-bond donors (Lipinski definition) is 2. The number of nitrogens with two attached hydrogens (primary N) is 1. The van der Waals surface area contributed by atoms with Crippen molar-refractivity contribution in [2.75, 3.05) is 19.8 Å². The molecule has 0 bridgehead atoms. The zero-order valence-corrected chi connectivity index (χ0v) is 13.4. The Morgan fingerprint density at radius 1 is 1.45 bits per heavy atom. The summed E-state index contributed by atoms with van der Waals surface area (Å²) in [7, 11) is 0. The quantitative estimate of drug-likeness (QED) is 0.618. The number of rotatable bonds is 6. The summed E-state index contributed by atoms with van der Waals surface area (Å²) in [5.41, 5.74) is 3.83. The first-order valence-electron chi connectivity index (χ1n) is 7.22. The lowest BCUT2D eigenvalue weighted by molar-refractivity contribution is -0.126. The first kappa shape index (κ1) is 15.9. The molecule has 1 aliphatic rings. The van der Waals surface area contributed by atoms with Gasteiger partial charge in [0.1, 0.15) is 0 Å². The highest BCUT2D eigenvalue weighted by molar-refractivity contribution is 7.11.